The van der Waals surface area contributed by atoms with Crippen molar-refractivity contribution in [2.45, 2.75) is 26.3 Å². The predicted octanol–water partition coefficient (Wildman–Crippen LogP) is 2.56. The molecule has 1 heterocycles. The van der Waals surface area contributed by atoms with Gasteiger partial charge >= 0.3 is 0 Å². The van der Waals surface area contributed by atoms with E-state index in [4.69, 9.17) is 4.74 Å². The molecule has 0 saturated carbocycles. The van der Waals surface area contributed by atoms with Crippen molar-refractivity contribution in [1.82, 2.24) is 4.90 Å². The minimum Gasteiger partial charge on any atom is -0.508 e. The number of phenols is 1. The van der Waals surface area contributed by atoms with Gasteiger partial charge < -0.3 is 9.84 Å². The van der Waals surface area contributed by atoms with Crippen LogP contribution in [0.5, 0.6) is 11.5 Å². The molecular formula is C13H19NO2. The van der Waals surface area contributed by atoms with Gasteiger partial charge in [0, 0.05) is 18.0 Å². The first-order chi connectivity index (χ1) is 7.76. The highest BCUT2D eigenvalue weighted by Crippen LogP contribution is 2.37. The van der Waals surface area contributed by atoms with Gasteiger partial charge in [0.25, 0.3) is 0 Å². The lowest BCUT2D eigenvalue weighted by molar-refractivity contribution is 0.151. The molecule has 1 aliphatic heterocycles. The van der Waals surface area contributed by atoms with Crippen LogP contribution in [0.3, 0.4) is 0 Å². The summed E-state index contributed by atoms with van der Waals surface area (Å²) in [5, 5.41) is 9.56. The van der Waals surface area contributed by atoms with E-state index in [-0.39, 0.29) is 0 Å². The molecule has 1 unspecified atom stereocenters. The van der Waals surface area contributed by atoms with Crippen molar-refractivity contribution < 1.29 is 9.84 Å². The maximum absolute atomic E-state index is 9.56. The van der Waals surface area contributed by atoms with Gasteiger partial charge in [0.15, 0.2) is 0 Å². The molecule has 0 bridgehead atoms. The van der Waals surface area contributed by atoms with Crippen LogP contribution in [0.15, 0.2) is 18.2 Å². The van der Waals surface area contributed by atoms with E-state index in [0.29, 0.717) is 11.8 Å². The molecular weight excluding hydrogens is 202 g/mol. The van der Waals surface area contributed by atoms with Crippen molar-refractivity contribution in [3.63, 3.8) is 0 Å². The third-order valence-corrected chi connectivity index (χ3v) is 3.25. The first-order valence-electron chi connectivity index (χ1n) is 5.96. The van der Waals surface area contributed by atoms with Crippen molar-refractivity contribution >= 4 is 0 Å². The maximum atomic E-state index is 9.56. The molecule has 1 aromatic carbocycles. The van der Waals surface area contributed by atoms with Gasteiger partial charge in [-0.2, -0.15) is 0 Å². The Morgan fingerprint density at radius 2 is 2.12 bits per heavy atom. The molecule has 0 aliphatic carbocycles. The standard InChI is InChI=1S/C13H19NO2/c1-3-14(4-2)12-7-8-16-13-6-5-10(15)9-11(12)13/h5-6,9,12,15H,3-4,7-8H2,1-2H3. The second kappa shape index (κ2) is 4.74. The van der Waals surface area contributed by atoms with Gasteiger partial charge in [-0.15, -0.1) is 0 Å². The normalized spacial score (nSPS) is 19.3. The predicted molar refractivity (Wildman–Crippen MR) is 63.9 cm³/mol. The van der Waals surface area contributed by atoms with Crippen LogP contribution in [0.25, 0.3) is 0 Å². The van der Waals surface area contributed by atoms with E-state index in [9.17, 15) is 5.11 Å². The molecule has 16 heavy (non-hydrogen) atoms. The van der Waals surface area contributed by atoms with Crippen LogP contribution in [0.1, 0.15) is 31.9 Å². The highest BCUT2D eigenvalue weighted by atomic mass is 16.5. The van der Waals surface area contributed by atoms with Gasteiger partial charge in [-0.25, -0.2) is 0 Å². The van der Waals surface area contributed by atoms with E-state index in [1.807, 2.05) is 12.1 Å². The third kappa shape index (κ3) is 2.00. The first-order valence-corrected chi connectivity index (χ1v) is 5.96. The molecule has 3 heteroatoms. The van der Waals surface area contributed by atoms with Crippen LogP contribution in [0.2, 0.25) is 0 Å². The van der Waals surface area contributed by atoms with E-state index in [0.717, 1.165) is 37.4 Å². The molecule has 88 valence electrons. The summed E-state index contributed by atoms with van der Waals surface area (Å²) in [6.45, 7) is 7.15. The monoisotopic (exact) mass is 221 g/mol. The van der Waals surface area contributed by atoms with Gasteiger partial charge in [-0.1, -0.05) is 13.8 Å². The number of hydrogen-bond donors (Lipinski definition) is 1. The molecule has 0 saturated heterocycles. The second-order valence-corrected chi connectivity index (χ2v) is 4.10. The Balaban J connectivity index is 2.34. The molecule has 0 radical (unpaired) electrons. The summed E-state index contributed by atoms with van der Waals surface area (Å²) in [4.78, 5) is 2.40. The number of aromatic hydroxyl groups is 1. The molecule has 3 nitrogen and oxygen atoms in total. The number of phenolic OH excluding ortho intramolecular Hbond substituents is 1. The van der Waals surface area contributed by atoms with Crippen molar-refractivity contribution in [3.8, 4) is 11.5 Å². The van der Waals surface area contributed by atoms with Gasteiger partial charge in [0.1, 0.15) is 11.5 Å². The van der Waals surface area contributed by atoms with E-state index < -0.39 is 0 Å². The quantitative estimate of drug-likeness (QED) is 0.851. The van der Waals surface area contributed by atoms with Gasteiger partial charge in [0.05, 0.1) is 6.61 Å². The molecule has 1 atom stereocenters. The first kappa shape index (κ1) is 11.3. The highest BCUT2D eigenvalue weighted by molar-refractivity contribution is 5.42. The second-order valence-electron chi connectivity index (χ2n) is 4.10. The Bertz CT molecular complexity index is 361. The fraction of sp³-hybridized carbons (Fsp3) is 0.538. The van der Waals surface area contributed by atoms with E-state index in [1.54, 1.807) is 6.07 Å². The lowest BCUT2D eigenvalue weighted by Crippen LogP contribution is -2.32. The number of fused-ring (bicyclic) bond motifs is 1. The van der Waals surface area contributed by atoms with Crippen LogP contribution in [0, 0.1) is 0 Å². The molecule has 2 rings (SSSR count). The minimum atomic E-state index is 0.321. The summed E-state index contributed by atoms with van der Waals surface area (Å²) in [5.74, 6) is 1.24. The lowest BCUT2D eigenvalue weighted by atomic mass is 9.98. The van der Waals surface area contributed by atoms with Crippen LogP contribution >= 0.6 is 0 Å². The Morgan fingerprint density at radius 1 is 1.38 bits per heavy atom. The summed E-state index contributed by atoms with van der Waals surface area (Å²) >= 11 is 0. The van der Waals surface area contributed by atoms with Crippen molar-refractivity contribution in [3.05, 3.63) is 23.8 Å². The summed E-state index contributed by atoms with van der Waals surface area (Å²) in [5.41, 5.74) is 1.12. The Morgan fingerprint density at radius 3 is 2.81 bits per heavy atom. The molecule has 0 fully saturated rings. The third-order valence-electron chi connectivity index (χ3n) is 3.25. The fourth-order valence-corrected chi connectivity index (χ4v) is 2.41. The number of hydrogen-bond acceptors (Lipinski definition) is 3. The molecule has 0 aromatic heterocycles. The lowest BCUT2D eigenvalue weighted by Gasteiger charge is -2.34. The van der Waals surface area contributed by atoms with Crippen molar-refractivity contribution in [2.24, 2.45) is 0 Å². The number of rotatable bonds is 3. The maximum Gasteiger partial charge on any atom is 0.124 e. The van der Waals surface area contributed by atoms with Gasteiger partial charge in [0.2, 0.25) is 0 Å². The Labute approximate surface area is 96.6 Å². The zero-order chi connectivity index (χ0) is 11.5. The number of ether oxygens (including phenoxy) is 1. The highest BCUT2D eigenvalue weighted by Gasteiger charge is 2.25. The Kier molecular flexibility index (Phi) is 3.34. The topological polar surface area (TPSA) is 32.7 Å². The largest absolute Gasteiger partial charge is 0.508 e. The van der Waals surface area contributed by atoms with Gasteiger partial charge in [-0.05, 0) is 31.3 Å². The van der Waals surface area contributed by atoms with Crippen LogP contribution in [-0.4, -0.2) is 29.7 Å². The van der Waals surface area contributed by atoms with E-state index in [1.165, 1.54) is 0 Å². The van der Waals surface area contributed by atoms with Crippen molar-refractivity contribution in [2.75, 3.05) is 19.7 Å². The SMILES string of the molecule is CCN(CC)C1CCOc2ccc(O)cc21. The molecule has 0 amide bonds. The van der Waals surface area contributed by atoms with E-state index in [2.05, 4.69) is 18.7 Å². The minimum absolute atomic E-state index is 0.321. The van der Waals surface area contributed by atoms with Gasteiger partial charge in [-0.3, -0.25) is 4.90 Å². The molecule has 1 aromatic rings. The fourth-order valence-electron chi connectivity index (χ4n) is 2.41. The van der Waals surface area contributed by atoms with Crippen LogP contribution < -0.4 is 4.74 Å². The smallest absolute Gasteiger partial charge is 0.124 e. The summed E-state index contributed by atoms with van der Waals surface area (Å²) < 4.78 is 5.61. The summed E-state index contributed by atoms with van der Waals surface area (Å²) in [7, 11) is 0. The Hall–Kier alpha value is -1.22. The summed E-state index contributed by atoms with van der Waals surface area (Å²) in [6.07, 6.45) is 0.998. The molecule has 0 spiro atoms. The molecule has 1 aliphatic rings. The van der Waals surface area contributed by atoms with Crippen LogP contribution in [0.4, 0.5) is 0 Å². The van der Waals surface area contributed by atoms with Crippen molar-refractivity contribution in [1.29, 1.82) is 0 Å². The van der Waals surface area contributed by atoms with E-state index >= 15 is 0 Å². The zero-order valence-corrected chi connectivity index (χ0v) is 9.94. The molecule has 1 N–H and O–H groups in total. The average Bonchev–Trinajstić information content (AvgIpc) is 2.31. The number of benzene rings is 1. The summed E-state index contributed by atoms with van der Waals surface area (Å²) in [6, 6.07) is 5.76. The average molecular weight is 221 g/mol. The number of nitrogens with zero attached hydrogens (tertiary/aromatic N) is 1. The zero-order valence-electron chi connectivity index (χ0n) is 9.94. The van der Waals surface area contributed by atoms with Crippen LogP contribution in [-0.2, 0) is 0 Å².